The molecule has 0 amide bonds. The van der Waals surface area contributed by atoms with Gasteiger partial charge in [0.15, 0.2) is 0 Å². The van der Waals surface area contributed by atoms with Gasteiger partial charge in [0.2, 0.25) is 0 Å². The van der Waals surface area contributed by atoms with Crippen LogP contribution in [-0.2, 0) is 18.9 Å². The molecule has 2 aromatic carbocycles. The highest BCUT2D eigenvalue weighted by Crippen LogP contribution is 2.48. The average molecular weight is 407 g/mol. The summed E-state index contributed by atoms with van der Waals surface area (Å²) in [6, 6.07) is 12.4. The molecule has 0 saturated heterocycles. The van der Waals surface area contributed by atoms with E-state index in [1.165, 1.54) is 0 Å². The fraction of sp³-hybridized carbons (Fsp3) is 0.211. The fourth-order valence-electron chi connectivity index (χ4n) is 3.54. The first-order chi connectivity index (χ1) is 11.8. The smallest absolute Gasteiger partial charge is 0.350 e. The Balaban J connectivity index is 1.99. The summed E-state index contributed by atoms with van der Waals surface area (Å²) < 4.78 is 45.4. The minimum atomic E-state index is -4.46. The molecule has 0 bridgehead atoms. The second kappa shape index (κ2) is 5.46. The highest BCUT2D eigenvalue weighted by Gasteiger charge is 2.57. The second-order valence-electron chi connectivity index (χ2n) is 6.35. The Hall–Kier alpha value is -2.08. The van der Waals surface area contributed by atoms with E-state index in [0.717, 1.165) is 16.2 Å². The zero-order valence-electron chi connectivity index (χ0n) is 13.3. The SMILES string of the molecule is Cn1cc([C@@]2(C(F)(F)F)C=Nc3ccc(Br)cc3C2)c2ccccc21. The van der Waals surface area contributed by atoms with Crippen molar-refractivity contribution in [3.63, 3.8) is 0 Å². The normalized spacial score (nSPS) is 20.0. The topological polar surface area (TPSA) is 17.3 Å². The molecule has 0 radical (unpaired) electrons. The van der Waals surface area contributed by atoms with E-state index < -0.39 is 11.6 Å². The maximum Gasteiger partial charge on any atom is 0.403 e. The van der Waals surface area contributed by atoms with Crippen molar-refractivity contribution < 1.29 is 13.2 Å². The first-order valence-electron chi connectivity index (χ1n) is 7.77. The summed E-state index contributed by atoms with van der Waals surface area (Å²) in [7, 11) is 1.76. The van der Waals surface area contributed by atoms with E-state index in [-0.39, 0.29) is 12.0 Å². The number of rotatable bonds is 1. The molecule has 3 aromatic rings. The van der Waals surface area contributed by atoms with Gasteiger partial charge in [0.25, 0.3) is 0 Å². The van der Waals surface area contributed by atoms with E-state index in [0.29, 0.717) is 16.6 Å². The molecule has 1 aliphatic rings. The summed E-state index contributed by atoms with van der Waals surface area (Å²) in [5, 5.41) is 0.604. The molecule has 2 heterocycles. The molecule has 1 atom stereocenters. The number of aliphatic imine (C=N–C) groups is 1. The molecule has 1 aliphatic heterocycles. The standard InChI is InChI=1S/C19H14BrF3N2/c1-25-10-15(14-4-2-3-5-17(14)25)18(19(21,22)23)9-12-8-13(20)6-7-16(12)24-11-18/h2-8,10-11H,9H2,1H3/t18-/m0/s1. The van der Waals surface area contributed by atoms with Gasteiger partial charge in [-0.05, 0) is 41.8 Å². The number of nitrogens with zero attached hydrogens (tertiary/aromatic N) is 2. The van der Waals surface area contributed by atoms with Crippen LogP contribution < -0.4 is 0 Å². The van der Waals surface area contributed by atoms with E-state index in [1.807, 2.05) is 12.1 Å². The predicted molar refractivity (Wildman–Crippen MR) is 96.7 cm³/mol. The summed E-state index contributed by atoms with van der Waals surface area (Å²) >= 11 is 3.34. The van der Waals surface area contributed by atoms with Crippen molar-refractivity contribution in [2.45, 2.75) is 18.0 Å². The number of aromatic nitrogens is 1. The van der Waals surface area contributed by atoms with Crippen molar-refractivity contribution in [2.24, 2.45) is 12.0 Å². The quantitative estimate of drug-likeness (QED) is 0.493. The summed E-state index contributed by atoms with van der Waals surface area (Å²) in [6.45, 7) is 0. The molecule has 128 valence electrons. The molecular formula is C19H14BrF3N2. The van der Waals surface area contributed by atoms with E-state index in [9.17, 15) is 13.2 Å². The van der Waals surface area contributed by atoms with Gasteiger partial charge in [0.05, 0.1) is 5.69 Å². The Morgan fingerprint density at radius 2 is 1.92 bits per heavy atom. The highest BCUT2D eigenvalue weighted by molar-refractivity contribution is 9.10. The summed E-state index contributed by atoms with van der Waals surface area (Å²) in [5.41, 5.74) is 0.0502. The third kappa shape index (κ3) is 2.42. The first-order valence-corrected chi connectivity index (χ1v) is 8.56. The van der Waals surface area contributed by atoms with Crippen LogP contribution in [0.5, 0.6) is 0 Å². The monoisotopic (exact) mass is 406 g/mol. The maximum absolute atomic E-state index is 14.3. The lowest BCUT2D eigenvalue weighted by atomic mass is 9.74. The Morgan fingerprint density at radius 3 is 2.68 bits per heavy atom. The Bertz CT molecular complexity index is 1000. The van der Waals surface area contributed by atoms with E-state index >= 15 is 0 Å². The number of aryl methyl sites for hydroxylation is 1. The molecule has 0 unspecified atom stereocenters. The van der Waals surface area contributed by atoms with E-state index in [4.69, 9.17) is 0 Å². The van der Waals surface area contributed by atoms with E-state index in [2.05, 4.69) is 20.9 Å². The number of fused-ring (bicyclic) bond motifs is 2. The number of para-hydroxylation sites is 1. The van der Waals surface area contributed by atoms with Crippen LogP contribution in [-0.4, -0.2) is 17.0 Å². The average Bonchev–Trinajstić information content (AvgIpc) is 2.91. The number of halogens is 4. The van der Waals surface area contributed by atoms with Crippen molar-refractivity contribution in [3.8, 4) is 0 Å². The molecule has 0 N–H and O–H groups in total. The summed E-state index contributed by atoms with van der Waals surface area (Å²) in [4.78, 5) is 4.17. The molecule has 0 spiro atoms. The van der Waals surface area contributed by atoms with Crippen LogP contribution in [0.3, 0.4) is 0 Å². The van der Waals surface area contributed by atoms with Gasteiger partial charge in [0, 0.05) is 34.8 Å². The van der Waals surface area contributed by atoms with Gasteiger partial charge in [-0.15, -0.1) is 0 Å². The van der Waals surface area contributed by atoms with Crippen LogP contribution in [0.1, 0.15) is 11.1 Å². The number of hydrogen-bond donors (Lipinski definition) is 0. The fourth-order valence-corrected chi connectivity index (χ4v) is 3.94. The minimum absolute atomic E-state index is 0.164. The summed E-state index contributed by atoms with van der Waals surface area (Å²) in [6.07, 6.45) is -1.97. The number of hydrogen-bond acceptors (Lipinski definition) is 1. The lowest BCUT2D eigenvalue weighted by Crippen LogP contribution is -2.46. The molecule has 25 heavy (non-hydrogen) atoms. The summed E-state index contributed by atoms with van der Waals surface area (Å²) in [5.74, 6) is 0. The van der Waals surface area contributed by atoms with Gasteiger partial charge in [-0.25, -0.2) is 0 Å². The van der Waals surface area contributed by atoms with Crippen LogP contribution in [0.4, 0.5) is 18.9 Å². The number of benzene rings is 2. The molecule has 0 fully saturated rings. The van der Waals surface area contributed by atoms with Crippen LogP contribution >= 0.6 is 15.9 Å². The Labute approximate surface area is 151 Å². The van der Waals surface area contributed by atoms with Crippen molar-refractivity contribution in [1.29, 1.82) is 0 Å². The zero-order chi connectivity index (χ0) is 17.8. The van der Waals surface area contributed by atoms with Crippen LogP contribution in [0.2, 0.25) is 0 Å². The first kappa shape index (κ1) is 16.4. The van der Waals surface area contributed by atoms with Crippen molar-refractivity contribution >= 4 is 38.7 Å². The van der Waals surface area contributed by atoms with E-state index in [1.54, 1.807) is 48.1 Å². The molecular weight excluding hydrogens is 393 g/mol. The van der Waals surface area contributed by atoms with Crippen molar-refractivity contribution in [2.75, 3.05) is 0 Å². The van der Waals surface area contributed by atoms with Crippen LogP contribution in [0, 0.1) is 0 Å². The van der Waals surface area contributed by atoms with Gasteiger partial charge >= 0.3 is 6.18 Å². The van der Waals surface area contributed by atoms with Crippen molar-refractivity contribution in [1.82, 2.24) is 4.57 Å². The van der Waals surface area contributed by atoms with Crippen LogP contribution in [0.15, 0.2) is 58.1 Å². The molecule has 0 saturated carbocycles. The molecule has 2 nitrogen and oxygen atoms in total. The second-order valence-corrected chi connectivity index (χ2v) is 7.26. The van der Waals surface area contributed by atoms with Gasteiger partial charge in [0.1, 0.15) is 5.41 Å². The lowest BCUT2D eigenvalue weighted by molar-refractivity contribution is -0.168. The molecule has 1 aromatic heterocycles. The predicted octanol–water partition coefficient (Wildman–Crippen LogP) is 5.70. The molecule has 0 aliphatic carbocycles. The zero-order valence-corrected chi connectivity index (χ0v) is 14.9. The molecule has 4 rings (SSSR count). The lowest BCUT2D eigenvalue weighted by Gasteiger charge is -2.35. The number of alkyl halides is 3. The van der Waals surface area contributed by atoms with Crippen molar-refractivity contribution in [3.05, 3.63) is 64.3 Å². The third-order valence-electron chi connectivity index (χ3n) is 4.82. The largest absolute Gasteiger partial charge is 0.403 e. The van der Waals surface area contributed by atoms with Gasteiger partial charge in [-0.2, -0.15) is 13.2 Å². The van der Waals surface area contributed by atoms with Gasteiger partial charge in [-0.3, -0.25) is 4.99 Å². The highest BCUT2D eigenvalue weighted by atomic mass is 79.9. The minimum Gasteiger partial charge on any atom is -0.350 e. The van der Waals surface area contributed by atoms with Crippen LogP contribution in [0.25, 0.3) is 10.9 Å². The van der Waals surface area contributed by atoms with Gasteiger partial charge in [-0.1, -0.05) is 34.1 Å². The Kier molecular flexibility index (Phi) is 3.58. The Morgan fingerprint density at radius 1 is 1.16 bits per heavy atom. The molecule has 6 heteroatoms. The maximum atomic E-state index is 14.3. The third-order valence-corrected chi connectivity index (χ3v) is 5.31. The van der Waals surface area contributed by atoms with Gasteiger partial charge < -0.3 is 4.57 Å².